The van der Waals surface area contributed by atoms with Crippen molar-refractivity contribution in [1.29, 1.82) is 0 Å². The molecule has 1 saturated heterocycles. The zero-order chi connectivity index (χ0) is 24.3. The standard InChI is InChI=1S/C20H19F3N6O4S/c21-20(22,23)15-10-13(29(31)32)5-6-16(15)24-17(30)12-34-19-26-25-18(27-7-1-2-8-27)28(19)11-14-4-3-9-33-14/h3-6,9-10H,1-2,7-8,11-12H2,(H,24,30). The zero-order valence-electron chi connectivity index (χ0n) is 17.6. The summed E-state index contributed by atoms with van der Waals surface area (Å²) < 4.78 is 47.3. The van der Waals surface area contributed by atoms with Crippen molar-refractivity contribution in [3.05, 3.63) is 58.0 Å². The fourth-order valence-corrected chi connectivity index (χ4v) is 4.27. The molecular weight excluding hydrogens is 477 g/mol. The first-order valence-electron chi connectivity index (χ1n) is 10.2. The summed E-state index contributed by atoms with van der Waals surface area (Å²) in [4.78, 5) is 24.4. The van der Waals surface area contributed by atoms with Crippen LogP contribution in [-0.4, -0.2) is 44.4 Å². The van der Waals surface area contributed by atoms with E-state index in [-0.39, 0.29) is 5.75 Å². The maximum absolute atomic E-state index is 13.4. The maximum Gasteiger partial charge on any atom is 0.418 e. The molecule has 0 spiro atoms. The predicted molar refractivity (Wildman–Crippen MR) is 117 cm³/mol. The molecule has 0 radical (unpaired) electrons. The van der Waals surface area contributed by atoms with E-state index in [1.54, 1.807) is 16.7 Å². The Morgan fingerprint density at radius 1 is 1.24 bits per heavy atom. The van der Waals surface area contributed by atoms with Gasteiger partial charge in [0.05, 0.1) is 34.7 Å². The highest BCUT2D eigenvalue weighted by Crippen LogP contribution is 2.37. The largest absolute Gasteiger partial charge is 0.467 e. The average Bonchev–Trinajstić information content (AvgIpc) is 3.54. The molecule has 1 N–H and O–H groups in total. The summed E-state index contributed by atoms with van der Waals surface area (Å²) >= 11 is 1.02. The SMILES string of the molecule is O=C(CSc1nnc(N2CCCC2)n1Cc1ccco1)Nc1ccc([N+](=O)[O-])cc1C(F)(F)F. The third kappa shape index (κ3) is 5.32. The number of halogens is 3. The minimum absolute atomic E-state index is 0.245. The minimum Gasteiger partial charge on any atom is -0.467 e. The molecule has 1 aliphatic rings. The zero-order valence-corrected chi connectivity index (χ0v) is 18.4. The smallest absolute Gasteiger partial charge is 0.418 e. The first-order chi connectivity index (χ1) is 16.2. The van der Waals surface area contributed by atoms with Crippen molar-refractivity contribution in [2.75, 3.05) is 29.1 Å². The van der Waals surface area contributed by atoms with Crippen molar-refractivity contribution in [3.8, 4) is 0 Å². The van der Waals surface area contributed by atoms with Crippen LogP contribution in [0.25, 0.3) is 0 Å². The first-order valence-corrected chi connectivity index (χ1v) is 11.2. The van der Waals surface area contributed by atoms with Crippen molar-refractivity contribution in [1.82, 2.24) is 14.8 Å². The Bertz CT molecular complexity index is 1180. The lowest BCUT2D eigenvalue weighted by atomic mass is 10.1. The van der Waals surface area contributed by atoms with Gasteiger partial charge in [-0.3, -0.25) is 19.5 Å². The average molecular weight is 496 g/mol. The van der Waals surface area contributed by atoms with Gasteiger partial charge in [0.15, 0.2) is 5.16 Å². The van der Waals surface area contributed by atoms with Gasteiger partial charge in [0.2, 0.25) is 11.9 Å². The number of rotatable bonds is 8. The van der Waals surface area contributed by atoms with Crippen LogP contribution in [0, 0.1) is 10.1 Å². The molecule has 1 aromatic carbocycles. The van der Waals surface area contributed by atoms with E-state index in [9.17, 15) is 28.1 Å². The lowest BCUT2D eigenvalue weighted by molar-refractivity contribution is -0.385. The Hall–Kier alpha value is -3.55. The van der Waals surface area contributed by atoms with E-state index in [2.05, 4.69) is 20.4 Å². The molecule has 3 aromatic rings. The lowest BCUT2D eigenvalue weighted by Crippen LogP contribution is -2.23. The van der Waals surface area contributed by atoms with Crippen molar-refractivity contribution in [2.24, 2.45) is 0 Å². The van der Waals surface area contributed by atoms with E-state index in [0.29, 0.717) is 29.5 Å². The number of furan rings is 1. The second-order valence-corrected chi connectivity index (χ2v) is 8.41. The number of non-ortho nitro benzene ring substituents is 1. The van der Waals surface area contributed by atoms with Crippen LogP contribution in [0.4, 0.5) is 30.5 Å². The quantitative estimate of drug-likeness (QED) is 0.280. The number of anilines is 2. The number of alkyl halides is 3. The molecule has 14 heteroatoms. The monoisotopic (exact) mass is 496 g/mol. The predicted octanol–water partition coefficient (Wildman–Crippen LogP) is 4.18. The van der Waals surface area contributed by atoms with Crippen LogP contribution in [0.5, 0.6) is 0 Å². The fourth-order valence-electron chi connectivity index (χ4n) is 3.54. The third-order valence-electron chi connectivity index (χ3n) is 5.11. The number of carbonyl (C=O) groups is 1. The summed E-state index contributed by atoms with van der Waals surface area (Å²) in [7, 11) is 0. The van der Waals surface area contributed by atoms with E-state index < -0.39 is 33.9 Å². The molecule has 1 fully saturated rings. The van der Waals surface area contributed by atoms with Crippen molar-refractivity contribution in [2.45, 2.75) is 30.7 Å². The van der Waals surface area contributed by atoms with Crippen LogP contribution >= 0.6 is 11.8 Å². The van der Waals surface area contributed by atoms with E-state index in [1.165, 1.54) is 6.26 Å². The van der Waals surface area contributed by atoms with Gasteiger partial charge in [-0.25, -0.2) is 0 Å². The van der Waals surface area contributed by atoms with Crippen LogP contribution < -0.4 is 10.2 Å². The maximum atomic E-state index is 13.4. The molecule has 0 saturated carbocycles. The van der Waals surface area contributed by atoms with Crippen molar-refractivity contribution < 1.29 is 27.3 Å². The highest BCUT2D eigenvalue weighted by Gasteiger charge is 2.35. The second kappa shape index (κ2) is 9.75. The van der Waals surface area contributed by atoms with Crippen LogP contribution in [0.2, 0.25) is 0 Å². The Morgan fingerprint density at radius 3 is 2.65 bits per heavy atom. The lowest BCUT2D eigenvalue weighted by Gasteiger charge is -2.17. The molecule has 180 valence electrons. The van der Waals surface area contributed by atoms with E-state index in [1.807, 2.05) is 0 Å². The van der Waals surface area contributed by atoms with Gasteiger partial charge in [0, 0.05) is 25.2 Å². The minimum atomic E-state index is -4.88. The molecular formula is C20H19F3N6O4S. The topological polar surface area (TPSA) is 119 Å². The molecule has 0 unspecified atom stereocenters. The molecule has 4 rings (SSSR count). The van der Waals surface area contributed by atoms with Gasteiger partial charge in [-0.05, 0) is 31.0 Å². The van der Waals surface area contributed by atoms with Crippen LogP contribution in [0.3, 0.4) is 0 Å². The Labute approximate surface area is 195 Å². The van der Waals surface area contributed by atoms with E-state index in [0.717, 1.165) is 49.8 Å². The van der Waals surface area contributed by atoms with Gasteiger partial charge < -0.3 is 14.6 Å². The van der Waals surface area contributed by atoms with Crippen LogP contribution in [0.15, 0.2) is 46.2 Å². The number of benzene rings is 1. The third-order valence-corrected chi connectivity index (χ3v) is 6.07. The number of hydrogen-bond donors (Lipinski definition) is 1. The van der Waals surface area contributed by atoms with Gasteiger partial charge in [0.25, 0.3) is 5.69 Å². The molecule has 0 aliphatic carbocycles. The van der Waals surface area contributed by atoms with Crippen LogP contribution in [-0.2, 0) is 17.5 Å². The summed E-state index contributed by atoms with van der Waals surface area (Å²) in [5, 5.41) is 21.9. The molecule has 34 heavy (non-hydrogen) atoms. The summed E-state index contributed by atoms with van der Waals surface area (Å²) in [6.45, 7) is 1.97. The Kier molecular flexibility index (Phi) is 6.77. The van der Waals surface area contributed by atoms with Crippen LogP contribution in [0.1, 0.15) is 24.2 Å². The van der Waals surface area contributed by atoms with Gasteiger partial charge in [-0.2, -0.15) is 13.2 Å². The summed E-state index contributed by atoms with van der Waals surface area (Å²) in [5.41, 5.74) is -2.57. The number of hydrogen-bond acceptors (Lipinski definition) is 8. The highest BCUT2D eigenvalue weighted by atomic mass is 32.2. The molecule has 10 nitrogen and oxygen atoms in total. The highest BCUT2D eigenvalue weighted by molar-refractivity contribution is 7.99. The molecule has 0 bridgehead atoms. The first kappa shape index (κ1) is 23.6. The number of nitrogens with one attached hydrogen (secondary N) is 1. The molecule has 2 aromatic heterocycles. The van der Waals surface area contributed by atoms with Gasteiger partial charge in [-0.15, -0.1) is 10.2 Å². The number of thioether (sulfide) groups is 1. The molecule has 1 amide bonds. The second-order valence-electron chi connectivity index (χ2n) is 7.46. The Balaban J connectivity index is 1.50. The van der Waals surface area contributed by atoms with Gasteiger partial charge in [-0.1, -0.05) is 11.8 Å². The summed E-state index contributed by atoms with van der Waals surface area (Å²) in [6.07, 6.45) is -1.29. The number of nitrogens with zero attached hydrogens (tertiary/aromatic N) is 5. The van der Waals surface area contributed by atoms with Gasteiger partial charge >= 0.3 is 6.18 Å². The van der Waals surface area contributed by atoms with Gasteiger partial charge in [0.1, 0.15) is 5.76 Å². The molecule has 0 atom stereocenters. The van der Waals surface area contributed by atoms with E-state index in [4.69, 9.17) is 4.42 Å². The van der Waals surface area contributed by atoms with Crippen molar-refractivity contribution in [3.63, 3.8) is 0 Å². The number of amides is 1. The summed E-state index contributed by atoms with van der Waals surface area (Å²) in [6, 6.07) is 5.71. The van der Waals surface area contributed by atoms with Crippen molar-refractivity contribution >= 4 is 35.0 Å². The normalized spacial score (nSPS) is 13.9. The number of carbonyl (C=O) groups excluding carboxylic acids is 1. The fraction of sp³-hybridized carbons (Fsp3) is 0.350. The van der Waals surface area contributed by atoms with E-state index >= 15 is 0 Å². The number of nitro groups is 1. The number of aromatic nitrogens is 3. The molecule has 3 heterocycles. The summed E-state index contributed by atoms with van der Waals surface area (Å²) in [5.74, 6) is 0.323. The Morgan fingerprint density at radius 2 is 2.00 bits per heavy atom. The molecule has 1 aliphatic heterocycles. The number of nitro benzene ring substituents is 1.